The van der Waals surface area contributed by atoms with Gasteiger partial charge in [0, 0.05) is 12.4 Å². The van der Waals surface area contributed by atoms with E-state index in [1.54, 1.807) is 11.8 Å². The zero-order chi connectivity index (χ0) is 10.5. The number of hydrogen-bond donors (Lipinski definition) is 1. The predicted molar refractivity (Wildman–Crippen MR) is 63.1 cm³/mol. The highest BCUT2D eigenvalue weighted by atomic mass is 32.2. The number of thioether (sulfide) groups is 1. The first-order valence-electron chi connectivity index (χ1n) is 5.72. The number of rotatable bonds is 1. The molecule has 2 aliphatic heterocycles. The quantitative estimate of drug-likeness (QED) is 0.739. The molecule has 2 atom stereocenters. The van der Waals surface area contributed by atoms with Crippen molar-refractivity contribution in [2.24, 2.45) is 22.1 Å². The third-order valence-electron chi connectivity index (χ3n) is 4.40. The molecule has 0 aromatic rings. The van der Waals surface area contributed by atoms with Gasteiger partial charge < -0.3 is 10.5 Å². The second-order valence-electron chi connectivity index (χ2n) is 5.28. The lowest BCUT2D eigenvalue weighted by Crippen LogP contribution is -2.55. The van der Waals surface area contributed by atoms with Crippen molar-refractivity contribution in [1.29, 1.82) is 0 Å². The summed E-state index contributed by atoms with van der Waals surface area (Å²) in [4.78, 5) is 4.80. The number of ether oxygens (including phenoxy) is 1. The van der Waals surface area contributed by atoms with E-state index >= 15 is 0 Å². The summed E-state index contributed by atoms with van der Waals surface area (Å²) >= 11 is 1.72. The van der Waals surface area contributed by atoms with E-state index in [1.807, 2.05) is 0 Å². The first kappa shape index (κ1) is 9.97. The zero-order valence-corrected chi connectivity index (χ0v) is 9.98. The fraction of sp³-hybridized carbons (Fsp3) is 0.909. The second kappa shape index (κ2) is 3.14. The van der Waals surface area contributed by atoms with Gasteiger partial charge in [0.1, 0.15) is 0 Å². The molecule has 0 radical (unpaired) electrons. The topological polar surface area (TPSA) is 47.6 Å². The Kier molecular flexibility index (Phi) is 2.09. The Morgan fingerprint density at radius 2 is 2.33 bits per heavy atom. The van der Waals surface area contributed by atoms with Crippen LogP contribution in [-0.4, -0.2) is 29.7 Å². The molecule has 0 bridgehead atoms. The molecule has 1 saturated carbocycles. The van der Waals surface area contributed by atoms with Crippen molar-refractivity contribution in [2.45, 2.75) is 31.7 Å². The summed E-state index contributed by atoms with van der Waals surface area (Å²) in [7, 11) is 0. The summed E-state index contributed by atoms with van der Waals surface area (Å²) < 4.78 is 5.69. The number of amidine groups is 1. The molecule has 1 aliphatic carbocycles. The first-order valence-corrected chi connectivity index (χ1v) is 6.71. The minimum Gasteiger partial charge on any atom is -0.379 e. The van der Waals surface area contributed by atoms with E-state index in [0.717, 1.165) is 30.6 Å². The number of nitrogens with zero attached hydrogens (tertiary/aromatic N) is 1. The van der Waals surface area contributed by atoms with Gasteiger partial charge in [-0.25, -0.2) is 0 Å². The molecular formula is C11H18N2OS. The number of aliphatic imine (C=N–C) groups is 1. The third-order valence-corrected chi connectivity index (χ3v) is 5.35. The van der Waals surface area contributed by atoms with Crippen LogP contribution >= 0.6 is 11.8 Å². The summed E-state index contributed by atoms with van der Waals surface area (Å²) in [6.07, 6.45) is 3.72. The van der Waals surface area contributed by atoms with Crippen LogP contribution in [0.15, 0.2) is 4.99 Å². The van der Waals surface area contributed by atoms with E-state index in [1.165, 1.54) is 12.8 Å². The van der Waals surface area contributed by atoms with Crippen LogP contribution < -0.4 is 5.73 Å². The molecule has 0 aromatic carbocycles. The van der Waals surface area contributed by atoms with Gasteiger partial charge in [-0.15, -0.1) is 0 Å². The Balaban J connectivity index is 2.01. The van der Waals surface area contributed by atoms with Gasteiger partial charge in [0.2, 0.25) is 0 Å². The van der Waals surface area contributed by atoms with Crippen LogP contribution in [0.2, 0.25) is 0 Å². The van der Waals surface area contributed by atoms with E-state index in [-0.39, 0.29) is 5.54 Å². The molecule has 0 aromatic heterocycles. The first-order chi connectivity index (χ1) is 7.16. The van der Waals surface area contributed by atoms with Crippen molar-refractivity contribution in [2.75, 3.05) is 19.0 Å². The Morgan fingerprint density at radius 3 is 3.07 bits per heavy atom. The number of fused-ring (bicyclic) bond motifs is 1. The van der Waals surface area contributed by atoms with Crippen LogP contribution in [0.25, 0.3) is 0 Å². The van der Waals surface area contributed by atoms with Crippen LogP contribution in [0.3, 0.4) is 0 Å². The average molecular weight is 226 g/mol. The summed E-state index contributed by atoms with van der Waals surface area (Å²) in [5.74, 6) is 1.81. The molecule has 84 valence electrons. The fourth-order valence-electron chi connectivity index (χ4n) is 2.99. The normalized spacial score (nSPS) is 43.0. The van der Waals surface area contributed by atoms with E-state index in [4.69, 9.17) is 15.5 Å². The van der Waals surface area contributed by atoms with E-state index in [0.29, 0.717) is 11.3 Å². The molecule has 3 aliphatic rings. The maximum atomic E-state index is 5.91. The van der Waals surface area contributed by atoms with Crippen LogP contribution in [0.5, 0.6) is 0 Å². The Bertz CT molecular complexity index is 314. The van der Waals surface area contributed by atoms with Gasteiger partial charge in [0.25, 0.3) is 0 Å². The lowest BCUT2D eigenvalue weighted by molar-refractivity contribution is -0.0248. The second-order valence-corrected chi connectivity index (χ2v) is 6.32. The SMILES string of the molecule is CC1(C23COCCC2CSC(N)=N3)CC1. The smallest absolute Gasteiger partial charge is 0.154 e. The van der Waals surface area contributed by atoms with Gasteiger partial charge in [0.05, 0.1) is 12.1 Å². The maximum absolute atomic E-state index is 5.91. The Morgan fingerprint density at radius 1 is 1.53 bits per heavy atom. The monoisotopic (exact) mass is 226 g/mol. The highest BCUT2D eigenvalue weighted by Crippen LogP contribution is 2.61. The summed E-state index contributed by atoms with van der Waals surface area (Å²) in [6, 6.07) is 0. The van der Waals surface area contributed by atoms with E-state index in [9.17, 15) is 0 Å². The molecule has 4 heteroatoms. The van der Waals surface area contributed by atoms with Gasteiger partial charge in [-0.05, 0) is 30.6 Å². The summed E-state index contributed by atoms with van der Waals surface area (Å²) in [5, 5.41) is 0.768. The van der Waals surface area contributed by atoms with Crippen LogP contribution in [0, 0.1) is 11.3 Å². The molecule has 2 fully saturated rings. The number of nitrogens with two attached hydrogens (primary N) is 1. The van der Waals surface area contributed by atoms with Crippen LogP contribution in [-0.2, 0) is 4.74 Å². The van der Waals surface area contributed by atoms with Gasteiger partial charge in [-0.2, -0.15) is 0 Å². The van der Waals surface area contributed by atoms with Crippen molar-refractivity contribution in [3.63, 3.8) is 0 Å². The highest BCUT2D eigenvalue weighted by molar-refractivity contribution is 8.13. The Labute approximate surface area is 94.8 Å². The molecule has 2 N–H and O–H groups in total. The molecule has 0 spiro atoms. The molecule has 1 saturated heterocycles. The summed E-state index contributed by atoms with van der Waals surface area (Å²) in [5.41, 5.74) is 6.29. The minimum atomic E-state index is 0.0145. The summed E-state index contributed by atoms with van der Waals surface area (Å²) in [6.45, 7) is 4.04. The van der Waals surface area contributed by atoms with Crippen molar-refractivity contribution >= 4 is 16.9 Å². The predicted octanol–water partition coefficient (Wildman–Crippen LogP) is 1.62. The lowest BCUT2D eigenvalue weighted by Gasteiger charge is -2.47. The molecule has 2 heterocycles. The van der Waals surface area contributed by atoms with Gasteiger partial charge >= 0.3 is 0 Å². The molecule has 2 unspecified atom stereocenters. The largest absolute Gasteiger partial charge is 0.379 e. The third kappa shape index (κ3) is 1.34. The lowest BCUT2D eigenvalue weighted by atomic mass is 9.71. The molecule has 3 rings (SSSR count). The van der Waals surface area contributed by atoms with Crippen molar-refractivity contribution in [3.05, 3.63) is 0 Å². The van der Waals surface area contributed by atoms with Gasteiger partial charge in [-0.1, -0.05) is 18.7 Å². The highest BCUT2D eigenvalue weighted by Gasteiger charge is 2.61. The maximum Gasteiger partial charge on any atom is 0.154 e. The Hall–Kier alpha value is -0.220. The van der Waals surface area contributed by atoms with E-state index in [2.05, 4.69) is 6.92 Å². The van der Waals surface area contributed by atoms with Crippen molar-refractivity contribution in [3.8, 4) is 0 Å². The molecule has 3 nitrogen and oxygen atoms in total. The van der Waals surface area contributed by atoms with Crippen molar-refractivity contribution < 1.29 is 4.74 Å². The standard InChI is InChI=1S/C11H18N2OS/c1-10(3-4-10)11-7-14-5-2-8(11)6-15-9(12)13-11/h8H,2-7H2,1H3,(H2,12,13). The van der Waals surface area contributed by atoms with Crippen molar-refractivity contribution in [1.82, 2.24) is 0 Å². The van der Waals surface area contributed by atoms with Crippen LogP contribution in [0.4, 0.5) is 0 Å². The fourth-order valence-corrected chi connectivity index (χ4v) is 4.03. The average Bonchev–Trinajstić information content (AvgIpc) is 2.98. The zero-order valence-electron chi connectivity index (χ0n) is 9.16. The molecule has 0 amide bonds. The van der Waals surface area contributed by atoms with Gasteiger partial charge in [0.15, 0.2) is 5.17 Å². The van der Waals surface area contributed by atoms with E-state index < -0.39 is 0 Å². The number of hydrogen-bond acceptors (Lipinski definition) is 4. The minimum absolute atomic E-state index is 0.0145. The van der Waals surface area contributed by atoms with Crippen LogP contribution in [0.1, 0.15) is 26.2 Å². The molecule has 15 heavy (non-hydrogen) atoms. The van der Waals surface area contributed by atoms with Gasteiger partial charge in [-0.3, -0.25) is 4.99 Å². The molecular weight excluding hydrogens is 208 g/mol.